The molecule has 24 heavy (non-hydrogen) atoms. The SMILES string of the molecule is CCS(=O)(=O)Cc1ccc(C(=O)c2ccc(F)cc2OC)c(Br)c1. The molecule has 0 fully saturated rings. The summed E-state index contributed by atoms with van der Waals surface area (Å²) in [5, 5.41) is 0. The number of sulfone groups is 1. The van der Waals surface area contributed by atoms with E-state index < -0.39 is 15.7 Å². The monoisotopic (exact) mass is 414 g/mol. The van der Waals surface area contributed by atoms with Crippen molar-refractivity contribution in [2.24, 2.45) is 0 Å². The highest BCUT2D eigenvalue weighted by molar-refractivity contribution is 9.10. The van der Waals surface area contributed by atoms with Gasteiger partial charge in [-0.15, -0.1) is 0 Å². The third kappa shape index (κ3) is 4.21. The Morgan fingerprint density at radius 3 is 2.42 bits per heavy atom. The van der Waals surface area contributed by atoms with Crippen molar-refractivity contribution in [2.45, 2.75) is 12.7 Å². The summed E-state index contributed by atoms with van der Waals surface area (Å²) in [7, 11) is -1.80. The van der Waals surface area contributed by atoms with Gasteiger partial charge in [0.15, 0.2) is 15.6 Å². The maximum atomic E-state index is 13.3. The molecule has 2 aromatic carbocycles. The van der Waals surface area contributed by atoms with Crippen LogP contribution in [0.4, 0.5) is 4.39 Å². The van der Waals surface area contributed by atoms with Crippen molar-refractivity contribution < 1.29 is 22.3 Å². The fraction of sp³-hybridized carbons (Fsp3) is 0.235. The highest BCUT2D eigenvalue weighted by atomic mass is 79.9. The Kier molecular flexibility index (Phi) is 5.77. The van der Waals surface area contributed by atoms with Crippen LogP contribution < -0.4 is 4.74 Å². The second kappa shape index (κ2) is 7.44. The molecule has 0 spiro atoms. The molecule has 0 N–H and O–H groups in total. The summed E-state index contributed by atoms with van der Waals surface area (Å²) in [6, 6.07) is 8.45. The first-order valence-corrected chi connectivity index (χ1v) is 9.76. The van der Waals surface area contributed by atoms with Crippen LogP contribution in [0.1, 0.15) is 28.4 Å². The second-order valence-corrected chi connectivity index (χ2v) is 8.37. The number of rotatable bonds is 6. The Balaban J connectivity index is 2.38. The molecule has 7 heteroatoms. The van der Waals surface area contributed by atoms with E-state index >= 15 is 0 Å². The van der Waals surface area contributed by atoms with Crippen molar-refractivity contribution in [1.29, 1.82) is 0 Å². The summed E-state index contributed by atoms with van der Waals surface area (Å²) in [4.78, 5) is 12.7. The van der Waals surface area contributed by atoms with E-state index in [2.05, 4.69) is 15.9 Å². The Hall–Kier alpha value is -1.73. The molecule has 0 amide bonds. The lowest BCUT2D eigenvalue weighted by Crippen LogP contribution is -2.08. The van der Waals surface area contributed by atoms with Crippen molar-refractivity contribution in [3.05, 3.63) is 63.4 Å². The van der Waals surface area contributed by atoms with Gasteiger partial charge in [-0.3, -0.25) is 4.79 Å². The molecule has 4 nitrogen and oxygen atoms in total. The predicted molar refractivity (Wildman–Crippen MR) is 93.7 cm³/mol. The quantitative estimate of drug-likeness (QED) is 0.675. The van der Waals surface area contributed by atoms with Crippen molar-refractivity contribution in [3.63, 3.8) is 0 Å². The van der Waals surface area contributed by atoms with E-state index in [-0.39, 0.29) is 28.6 Å². The molecular formula is C17H16BrFO4S. The van der Waals surface area contributed by atoms with E-state index in [0.29, 0.717) is 15.6 Å². The second-order valence-electron chi connectivity index (χ2n) is 5.16. The van der Waals surface area contributed by atoms with E-state index in [1.54, 1.807) is 25.1 Å². The molecule has 0 aliphatic carbocycles. The van der Waals surface area contributed by atoms with Crippen LogP contribution in [0.3, 0.4) is 0 Å². The average Bonchev–Trinajstić information content (AvgIpc) is 2.54. The third-order valence-corrected chi connectivity index (χ3v) is 5.82. The number of carbonyl (C=O) groups excluding carboxylic acids is 1. The number of halogens is 2. The minimum Gasteiger partial charge on any atom is -0.496 e. The first-order chi connectivity index (χ1) is 11.3. The summed E-state index contributed by atoms with van der Waals surface area (Å²) in [6.07, 6.45) is 0. The van der Waals surface area contributed by atoms with Gasteiger partial charge in [-0.1, -0.05) is 28.9 Å². The number of hydrogen-bond donors (Lipinski definition) is 0. The van der Waals surface area contributed by atoms with Crippen molar-refractivity contribution in [2.75, 3.05) is 12.9 Å². The van der Waals surface area contributed by atoms with Crippen LogP contribution in [0.15, 0.2) is 40.9 Å². The minimum absolute atomic E-state index is 0.0537. The lowest BCUT2D eigenvalue weighted by molar-refractivity contribution is 0.103. The largest absolute Gasteiger partial charge is 0.496 e. The topological polar surface area (TPSA) is 60.4 Å². The first kappa shape index (κ1) is 18.6. The van der Waals surface area contributed by atoms with Crippen molar-refractivity contribution in [3.8, 4) is 5.75 Å². The number of benzene rings is 2. The van der Waals surface area contributed by atoms with Crippen LogP contribution in [0, 0.1) is 5.82 Å². The Labute approximate surface area is 148 Å². The van der Waals surface area contributed by atoms with Gasteiger partial charge in [0.1, 0.15) is 11.6 Å². The minimum atomic E-state index is -3.16. The molecule has 0 saturated heterocycles. The molecule has 0 heterocycles. The molecule has 0 aliphatic rings. The highest BCUT2D eigenvalue weighted by Gasteiger charge is 2.19. The van der Waals surface area contributed by atoms with E-state index in [9.17, 15) is 17.6 Å². The summed E-state index contributed by atoms with van der Waals surface area (Å²) in [5.74, 6) is -0.732. The number of methoxy groups -OCH3 is 1. The molecule has 2 rings (SSSR count). The molecule has 0 aromatic heterocycles. The zero-order valence-corrected chi connectivity index (χ0v) is 15.6. The fourth-order valence-electron chi connectivity index (χ4n) is 2.19. The van der Waals surface area contributed by atoms with Crippen molar-refractivity contribution in [1.82, 2.24) is 0 Å². The zero-order valence-electron chi connectivity index (χ0n) is 13.2. The van der Waals surface area contributed by atoms with Crippen LogP contribution >= 0.6 is 15.9 Å². The lowest BCUT2D eigenvalue weighted by Gasteiger charge is -2.10. The summed E-state index contributed by atoms with van der Waals surface area (Å²) in [6.45, 7) is 1.59. The van der Waals surface area contributed by atoms with E-state index in [1.165, 1.54) is 19.2 Å². The van der Waals surface area contributed by atoms with Gasteiger partial charge < -0.3 is 4.74 Å². The molecule has 2 aromatic rings. The molecule has 0 atom stereocenters. The molecule has 0 bridgehead atoms. The number of carbonyl (C=O) groups is 1. The van der Waals surface area contributed by atoms with Gasteiger partial charge in [0.2, 0.25) is 0 Å². The molecule has 0 aliphatic heterocycles. The van der Waals surface area contributed by atoms with Gasteiger partial charge in [0.05, 0.1) is 18.4 Å². The van der Waals surface area contributed by atoms with Crippen molar-refractivity contribution >= 4 is 31.6 Å². The van der Waals surface area contributed by atoms with E-state index in [1.807, 2.05) is 0 Å². The standard InChI is InChI=1S/C17H16BrFO4S/c1-3-24(21,22)10-11-4-6-13(15(18)8-11)17(20)14-7-5-12(19)9-16(14)23-2/h4-9H,3,10H2,1-2H3. The predicted octanol–water partition coefficient (Wildman–Crippen LogP) is 3.76. The molecule has 0 radical (unpaired) electrons. The Bertz CT molecular complexity index is 878. The molecule has 128 valence electrons. The summed E-state index contributed by atoms with van der Waals surface area (Å²) < 4.78 is 42.2. The molecule has 0 saturated carbocycles. The van der Waals surface area contributed by atoms with E-state index in [4.69, 9.17) is 4.74 Å². The van der Waals surface area contributed by atoms with Crippen LogP contribution in [-0.4, -0.2) is 27.1 Å². The Morgan fingerprint density at radius 1 is 1.17 bits per heavy atom. The van der Waals surface area contributed by atoms with Crippen LogP contribution in [-0.2, 0) is 15.6 Å². The maximum absolute atomic E-state index is 13.3. The van der Waals surface area contributed by atoms with Gasteiger partial charge in [-0.05, 0) is 29.8 Å². The zero-order chi connectivity index (χ0) is 17.9. The van der Waals surface area contributed by atoms with Crippen LogP contribution in [0.2, 0.25) is 0 Å². The molecular weight excluding hydrogens is 399 g/mol. The smallest absolute Gasteiger partial charge is 0.197 e. The number of ether oxygens (including phenoxy) is 1. The van der Waals surface area contributed by atoms with Crippen LogP contribution in [0.5, 0.6) is 5.75 Å². The van der Waals surface area contributed by atoms with Gasteiger partial charge in [0, 0.05) is 21.9 Å². The number of ketones is 1. The first-order valence-electron chi connectivity index (χ1n) is 7.14. The normalized spacial score (nSPS) is 11.3. The third-order valence-electron chi connectivity index (χ3n) is 3.51. The summed E-state index contributed by atoms with van der Waals surface area (Å²) >= 11 is 3.30. The molecule has 0 unspecified atom stereocenters. The summed E-state index contributed by atoms with van der Waals surface area (Å²) in [5.41, 5.74) is 1.16. The van der Waals surface area contributed by atoms with Gasteiger partial charge in [0.25, 0.3) is 0 Å². The van der Waals surface area contributed by atoms with Gasteiger partial charge in [-0.25, -0.2) is 12.8 Å². The van der Waals surface area contributed by atoms with Crippen LogP contribution in [0.25, 0.3) is 0 Å². The lowest BCUT2D eigenvalue weighted by atomic mass is 10.0. The fourth-order valence-corrected chi connectivity index (χ4v) is 3.68. The average molecular weight is 415 g/mol. The number of hydrogen-bond acceptors (Lipinski definition) is 4. The highest BCUT2D eigenvalue weighted by Crippen LogP contribution is 2.27. The van der Waals surface area contributed by atoms with Gasteiger partial charge in [-0.2, -0.15) is 0 Å². The maximum Gasteiger partial charge on any atom is 0.197 e. The van der Waals surface area contributed by atoms with Gasteiger partial charge >= 0.3 is 0 Å². The Morgan fingerprint density at radius 2 is 1.83 bits per heavy atom. The van der Waals surface area contributed by atoms with E-state index in [0.717, 1.165) is 6.07 Å².